The number of H-pyrrole nitrogens is 1. The van der Waals surface area contributed by atoms with E-state index in [2.05, 4.69) is 33.8 Å². The van der Waals surface area contributed by atoms with Gasteiger partial charge in [-0.3, -0.25) is 0 Å². The lowest BCUT2D eigenvalue weighted by Gasteiger charge is -2.32. The molecular formula is C24H19N5O. The van der Waals surface area contributed by atoms with Gasteiger partial charge in [0.05, 0.1) is 16.8 Å². The fourth-order valence-electron chi connectivity index (χ4n) is 4.83. The van der Waals surface area contributed by atoms with Crippen molar-refractivity contribution in [3.63, 3.8) is 0 Å². The zero-order valence-electron chi connectivity index (χ0n) is 16.0. The standard InChI is InChI=1S/C24H19N5O/c25-23-9-7-13-14-8-10-24(26,12-18(14)27-17(13)11-23)29-22-16(28-23)5-6-20-21(22)15-3-1-2-4-19(15)30-20/h1-12,27-29H,25-26H2. The Morgan fingerprint density at radius 1 is 0.767 bits per heavy atom. The summed E-state index contributed by atoms with van der Waals surface area (Å²) >= 11 is 0. The Morgan fingerprint density at radius 3 is 2.23 bits per heavy atom. The topological polar surface area (TPSA) is 105 Å². The zero-order chi connectivity index (χ0) is 20.1. The van der Waals surface area contributed by atoms with Crippen molar-refractivity contribution in [1.82, 2.24) is 4.98 Å². The minimum absolute atomic E-state index is 0.793. The lowest BCUT2D eigenvalue weighted by Crippen LogP contribution is -2.48. The highest BCUT2D eigenvalue weighted by Gasteiger charge is 2.31. The number of fused-ring (bicyclic) bond motifs is 8. The first-order chi connectivity index (χ1) is 14.5. The molecule has 4 bridgehead atoms. The highest BCUT2D eigenvalue weighted by Crippen LogP contribution is 2.41. The van der Waals surface area contributed by atoms with Gasteiger partial charge in [0.25, 0.3) is 0 Å². The molecule has 0 saturated carbocycles. The Balaban J connectivity index is 1.61. The van der Waals surface area contributed by atoms with E-state index in [9.17, 15) is 0 Å². The first kappa shape index (κ1) is 16.1. The third-order valence-electron chi connectivity index (χ3n) is 6.19. The molecular weight excluding hydrogens is 374 g/mol. The molecule has 2 atom stereocenters. The average Bonchev–Trinajstić information content (AvgIpc) is 3.25. The highest BCUT2D eigenvalue weighted by molar-refractivity contribution is 6.14. The van der Waals surface area contributed by atoms with Gasteiger partial charge in [0.15, 0.2) is 0 Å². The number of hydrogen-bond acceptors (Lipinski definition) is 5. The Hall–Kier alpha value is -3.74. The van der Waals surface area contributed by atoms with Crippen molar-refractivity contribution in [2.75, 3.05) is 10.6 Å². The number of nitrogens with two attached hydrogens (primary N) is 2. The van der Waals surface area contributed by atoms with Crippen molar-refractivity contribution in [3.8, 4) is 0 Å². The Bertz CT molecular complexity index is 1590. The number of aromatic amines is 1. The van der Waals surface area contributed by atoms with Gasteiger partial charge < -0.3 is 31.5 Å². The molecule has 7 N–H and O–H groups in total. The molecule has 146 valence electrons. The second-order valence-corrected chi connectivity index (χ2v) is 8.31. The molecule has 2 aromatic carbocycles. The van der Waals surface area contributed by atoms with E-state index in [4.69, 9.17) is 15.9 Å². The summed E-state index contributed by atoms with van der Waals surface area (Å²) in [5.41, 5.74) is 17.4. The average molecular weight is 393 g/mol. The predicted molar refractivity (Wildman–Crippen MR) is 122 cm³/mol. The number of anilines is 2. The van der Waals surface area contributed by atoms with Crippen LogP contribution in [0.25, 0.3) is 46.2 Å². The van der Waals surface area contributed by atoms with Crippen molar-refractivity contribution in [2.24, 2.45) is 11.5 Å². The maximum absolute atomic E-state index is 6.81. The Kier molecular flexibility index (Phi) is 2.71. The van der Waals surface area contributed by atoms with Crippen LogP contribution in [0.5, 0.6) is 0 Å². The molecule has 0 saturated heterocycles. The number of furan rings is 1. The first-order valence-corrected chi connectivity index (χ1v) is 9.95. The maximum atomic E-state index is 6.81. The summed E-state index contributed by atoms with van der Waals surface area (Å²) in [6.45, 7) is 0. The number of hydrogen-bond donors (Lipinski definition) is 5. The van der Waals surface area contributed by atoms with E-state index >= 15 is 0 Å². The molecule has 6 nitrogen and oxygen atoms in total. The third kappa shape index (κ3) is 2.04. The van der Waals surface area contributed by atoms with E-state index in [1.165, 1.54) is 0 Å². The number of benzene rings is 2. The molecule has 3 aliphatic rings. The Labute approximate surface area is 171 Å². The molecule has 30 heavy (non-hydrogen) atoms. The van der Waals surface area contributed by atoms with Crippen LogP contribution in [0.15, 0.2) is 53.0 Å². The number of nitrogens with one attached hydrogen (secondary N) is 3. The molecule has 1 aliphatic heterocycles. The summed E-state index contributed by atoms with van der Waals surface area (Å²) in [4.78, 5) is 3.48. The second-order valence-electron chi connectivity index (χ2n) is 8.31. The van der Waals surface area contributed by atoms with E-state index in [1.807, 2.05) is 54.6 Å². The van der Waals surface area contributed by atoms with Gasteiger partial charge in [0.2, 0.25) is 0 Å². The lowest BCUT2D eigenvalue weighted by atomic mass is 9.95. The number of aromatic nitrogens is 1. The van der Waals surface area contributed by atoms with Gasteiger partial charge in [0.1, 0.15) is 22.5 Å². The molecule has 0 spiro atoms. The zero-order valence-corrected chi connectivity index (χ0v) is 16.0. The smallest absolute Gasteiger partial charge is 0.137 e. The van der Waals surface area contributed by atoms with Crippen LogP contribution in [0, 0.1) is 0 Å². The second kappa shape index (κ2) is 5.05. The predicted octanol–water partition coefficient (Wildman–Crippen LogP) is 2.38. The summed E-state index contributed by atoms with van der Waals surface area (Å²) in [5.74, 6) is 0. The van der Waals surface area contributed by atoms with Gasteiger partial charge in [-0.05, 0) is 42.5 Å². The molecule has 6 heteroatoms. The summed E-state index contributed by atoms with van der Waals surface area (Å²) in [6.07, 6.45) is 12.2. The van der Waals surface area contributed by atoms with Crippen LogP contribution < -0.4 is 32.8 Å². The van der Waals surface area contributed by atoms with Gasteiger partial charge in [-0.25, -0.2) is 0 Å². The minimum atomic E-state index is -0.875. The minimum Gasteiger partial charge on any atom is -0.456 e. The van der Waals surface area contributed by atoms with Crippen LogP contribution in [0.4, 0.5) is 11.4 Å². The van der Waals surface area contributed by atoms with E-state index < -0.39 is 11.3 Å². The van der Waals surface area contributed by atoms with Crippen LogP contribution in [-0.4, -0.2) is 16.3 Å². The van der Waals surface area contributed by atoms with E-state index in [1.54, 1.807) is 0 Å². The van der Waals surface area contributed by atoms with Crippen LogP contribution in [0.3, 0.4) is 0 Å². The van der Waals surface area contributed by atoms with Gasteiger partial charge in [0, 0.05) is 27.2 Å². The highest BCUT2D eigenvalue weighted by atomic mass is 16.3. The van der Waals surface area contributed by atoms with Gasteiger partial charge in [-0.2, -0.15) is 0 Å². The molecule has 2 aromatic heterocycles. The molecule has 2 aliphatic carbocycles. The van der Waals surface area contributed by atoms with Crippen molar-refractivity contribution in [3.05, 3.63) is 70.4 Å². The summed E-state index contributed by atoms with van der Waals surface area (Å²) in [7, 11) is 0. The summed E-state index contributed by atoms with van der Waals surface area (Å²) in [5, 5.41) is 11.0. The summed E-state index contributed by atoms with van der Waals surface area (Å²) < 4.78 is 6.10. The SMILES string of the molecule is NC12C=Cc3c4c([nH]c3=C1)=CC(N)(C=C4)Nc1c(ccc3oc4ccccc4c13)N2. The largest absolute Gasteiger partial charge is 0.456 e. The first-order valence-electron chi connectivity index (χ1n) is 9.95. The molecule has 7 rings (SSSR count). The third-order valence-corrected chi connectivity index (χ3v) is 6.19. The van der Waals surface area contributed by atoms with E-state index in [0.29, 0.717) is 0 Å². The van der Waals surface area contributed by atoms with Crippen molar-refractivity contribution >= 4 is 57.6 Å². The monoisotopic (exact) mass is 393 g/mol. The van der Waals surface area contributed by atoms with Crippen LogP contribution in [-0.2, 0) is 0 Å². The van der Waals surface area contributed by atoms with Gasteiger partial charge >= 0.3 is 0 Å². The normalized spacial score (nSPS) is 25.4. The molecule has 3 heterocycles. The quantitative estimate of drug-likeness (QED) is 0.315. The van der Waals surface area contributed by atoms with Crippen LogP contribution in [0.2, 0.25) is 0 Å². The van der Waals surface area contributed by atoms with Crippen molar-refractivity contribution < 1.29 is 4.42 Å². The van der Waals surface area contributed by atoms with Crippen LogP contribution in [0.1, 0.15) is 11.1 Å². The van der Waals surface area contributed by atoms with Gasteiger partial charge in [-0.1, -0.05) is 30.4 Å². The fourth-order valence-corrected chi connectivity index (χ4v) is 4.83. The van der Waals surface area contributed by atoms with Crippen molar-refractivity contribution in [1.29, 1.82) is 0 Å². The van der Waals surface area contributed by atoms with E-state index in [-0.39, 0.29) is 0 Å². The van der Waals surface area contributed by atoms with E-state index in [0.717, 1.165) is 55.1 Å². The molecule has 4 aromatic rings. The molecule has 0 fully saturated rings. The Morgan fingerprint density at radius 2 is 1.47 bits per heavy atom. The summed E-state index contributed by atoms with van der Waals surface area (Å²) in [6, 6.07) is 12.0. The maximum Gasteiger partial charge on any atom is 0.137 e. The van der Waals surface area contributed by atoms with Crippen molar-refractivity contribution in [2.45, 2.75) is 11.3 Å². The number of para-hydroxylation sites is 1. The molecule has 2 unspecified atom stereocenters. The molecule has 0 radical (unpaired) electrons. The van der Waals surface area contributed by atoms with Crippen LogP contribution >= 0.6 is 0 Å². The lowest BCUT2D eigenvalue weighted by molar-refractivity contribution is 0.669. The molecule has 0 amide bonds. The van der Waals surface area contributed by atoms with Gasteiger partial charge in [-0.15, -0.1) is 0 Å². The fraction of sp³-hybridized carbons (Fsp3) is 0.0833. The number of rotatable bonds is 0.